The van der Waals surface area contributed by atoms with Crippen molar-refractivity contribution in [1.82, 2.24) is 10.1 Å². The lowest BCUT2D eigenvalue weighted by molar-refractivity contribution is -0.143. The lowest BCUT2D eigenvalue weighted by atomic mass is 10.1. The summed E-state index contributed by atoms with van der Waals surface area (Å²) in [7, 11) is 0. The second-order valence-electron chi connectivity index (χ2n) is 4.15. The van der Waals surface area contributed by atoms with Crippen LogP contribution in [0, 0.1) is 0 Å². The van der Waals surface area contributed by atoms with Crippen molar-refractivity contribution in [2.24, 2.45) is 0 Å². The molecule has 0 aliphatic carbocycles. The maximum atomic E-state index is 11.2. The van der Waals surface area contributed by atoms with Crippen LogP contribution in [0.5, 0.6) is 0 Å². The Balaban J connectivity index is 2.05. The summed E-state index contributed by atoms with van der Waals surface area (Å²) in [5.74, 6) is -0.00503. The molecule has 2 heterocycles. The molecule has 16 heavy (non-hydrogen) atoms. The van der Waals surface area contributed by atoms with Gasteiger partial charge in [0.2, 0.25) is 0 Å². The Morgan fingerprint density at radius 3 is 3.12 bits per heavy atom. The van der Waals surface area contributed by atoms with Crippen molar-refractivity contribution in [2.75, 3.05) is 6.54 Å². The summed E-state index contributed by atoms with van der Waals surface area (Å²) in [5, 5.41) is 12.8. The minimum atomic E-state index is -0.735. The predicted octanol–water partition coefficient (Wildman–Crippen LogP) is 1.50. The molecule has 0 radical (unpaired) electrons. The number of carboxylic acid groups (broad SMARTS) is 1. The molecule has 1 aliphatic heterocycles. The first-order valence-corrected chi connectivity index (χ1v) is 5.64. The Bertz CT molecular complexity index is 337. The van der Waals surface area contributed by atoms with Gasteiger partial charge in [-0.3, -0.25) is 9.69 Å². The van der Waals surface area contributed by atoms with Gasteiger partial charge in [-0.1, -0.05) is 18.0 Å². The number of aliphatic carboxylic acids is 1. The molecule has 1 aromatic rings. The molecular weight excluding hydrogens is 208 g/mol. The Kier molecular flexibility index (Phi) is 3.56. The van der Waals surface area contributed by atoms with E-state index >= 15 is 0 Å². The third-order valence-electron chi connectivity index (χ3n) is 3.00. The van der Waals surface area contributed by atoms with Crippen molar-refractivity contribution >= 4 is 5.97 Å². The zero-order valence-electron chi connectivity index (χ0n) is 9.13. The summed E-state index contributed by atoms with van der Waals surface area (Å²) in [6.07, 6.45) is 5.46. The average molecular weight is 224 g/mol. The van der Waals surface area contributed by atoms with Crippen LogP contribution >= 0.6 is 0 Å². The highest BCUT2D eigenvalue weighted by atomic mass is 16.5. The lowest BCUT2D eigenvalue weighted by Gasteiger charge is -2.25. The Hall–Kier alpha value is -1.36. The van der Waals surface area contributed by atoms with Crippen molar-refractivity contribution in [3.05, 3.63) is 18.0 Å². The van der Waals surface area contributed by atoms with Crippen LogP contribution in [0.3, 0.4) is 0 Å². The normalized spacial score (nSPS) is 22.9. The summed E-state index contributed by atoms with van der Waals surface area (Å²) >= 11 is 0. The highest BCUT2D eigenvalue weighted by Crippen LogP contribution is 2.19. The van der Waals surface area contributed by atoms with Gasteiger partial charge in [0, 0.05) is 6.07 Å². The minimum Gasteiger partial charge on any atom is -0.480 e. The summed E-state index contributed by atoms with van der Waals surface area (Å²) in [4.78, 5) is 13.1. The second-order valence-corrected chi connectivity index (χ2v) is 4.15. The topological polar surface area (TPSA) is 66.6 Å². The minimum absolute atomic E-state index is 0.382. The molecule has 0 spiro atoms. The van der Waals surface area contributed by atoms with Crippen molar-refractivity contribution in [1.29, 1.82) is 0 Å². The monoisotopic (exact) mass is 224 g/mol. The van der Waals surface area contributed by atoms with Crippen LogP contribution in [0.2, 0.25) is 0 Å². The fourth-order valence-corrected chi connectivity index (χ4v) is 2.16. The first-order valence-electron chi connectivity index (χ1n) is 5.64. The van der Waals surface area contributed by atoms with E-state index in [1.807, 2.05) is 4.90 Å². The van der Waals surface area contributed by atoms with Crippen molar-refractivity contribution in [2.45, 2.75) is 38.3 Å². The number of aromatic nitrogens is 1. The highest BCUT2D eigenvalue weighted by molar-refractivity contribution is 5.73. The molecule has 0 aromatic carbocycles. The summed E-state index contributed by atoms with van der Waals surface area (Å²) in [6, 6.07) is 1.40. The third-order valence-corrected chi connectivity index (χ3v) is 3.00. The number of nitrogens with zero attached hydrogens (tertiary/aromatic N) is 2. The van der Waals surface area contributed by atoms with E-state index in [-0.39, 0.29) is 6.04 Å². The molecule has 0 saturated carbocycles. The van der Waals surface area contributed by atoms with E-state index in [4.69, 9.17) is 4.52 Å². The average Bonchev–Trinajstić information content (AvgIpc) is 2.63. The second kappa shape index (κ2) is 5.12. The van der Waals surface area contributed by atoms with Crippen LogP contribution in [0.4, 0.5) is 0 Å². The van der Waals surface area contributed by atoms with Gasteiger partial charge in [-0.15, -0.1) is 0 Å². The van der Waals surface area contributed by atoms with Crippen molar-refractivity contribution in [3.8, 4) is 0 Å². The quantitative estimate of drug-likeness (QED) is 0.842. The van der Waals surface area contributed by atoms with Gasteiger partial charge in [-0.05, 0) is 19.4 Å². The third kappa shape index (κ3) is 2.61. The van der Waals surface area contributed by atoms with Gasteiger partial charge in [-0.2, -0.15) is 0 Å². The number of hydrogen-bond acceptors (Lipinski definition) is 4. The number of rotatable bonds is 3. The van der Waals surface area contributed by atoms with E-state index in [2.05, 4.69) is 5.16 Å². The molecule has 5 nitrogen and oxygen atoms in total. The molecule has 1 aromatic heterocycles. The molecular formula is C11H16N2O3. The number of carboxylic acids is 1. The first-order chi connectivity index (χ1) is 7.77. The smallest absolute Gasteiger partial charge is 0.320 e. The van der Waals surface area contributed by atoms with Crippen LogP contribution < -0.4 is 0 Å². The van der Waals surface area contributed by atoms with E-state index in [1.54, 1.807) is 12.3 Å². The van der Waals surface area contributed by atoms with Crippen molar-refractivity contribution < 1.29 is 14.4 Å². The molecule has 1 saturated heterocycles. The molecule has 2 rings (SSSR count). The van der Waals surface area contributed by atoms with E-state index in [1.165, 1.54) is 0 Å². The van der Waals surface area contributed by atoms with Crippen LogP contribution in [0.15, 0.2) is 16.8 Å². The van der Waals surface area contributed by atoms with E-state index < -0.39 is 5.97 Å². The number of likely N-dealkylation sites (tertiary alicyclic amines) is 1. The van der Waals surface area contributed by atoms with E-state index in [0.717, 1.165) is 38.0 Å². The van der Waals surface area contributed by atoms with Crippen LogP contribution in [-0.2, 0) is 11.3 Å². The molecule has 1 atom stereocenters. The number of carbonyl (C=O) groups is 1. The molecule has 0 bridgehead atoms. The van der Waals surface area contributed by atoms with Gasteiger partial charge in [0.25, 0.3) is 0 Å². The Morgan fingerprint density at radius 1 is 1.56 bits per heavy atom. The maximum absolute atomic E-state index is 11.2. The molecule has 88 valence electrons. The van der Waals surface area contributed by atoms with Crippen LogP contribution in [0.1, 0.15) is 31.4 Å². The Morgan fingerprint density at radius 2 is 2.44 bits per heavy atom. The fraction of sp³-hybridized carbons (Fsp3) is 0.636. The first kappa shape index (κ1) is 11.1. The zero-order valence-corrected chi connectivity index (χ0v) is 9.13. The van der Waals surface area contributed by atoms with Gasteiger partial charge < -0.3 is 9.63 Å². The molecule has 1 fully saturated rings. The maximum Gasteiger partial charge on any atom is 0.320 e. The van der Waals surface area contributed by atoms with Gasteiger partial charge in [0.15, 0.2) is 5.76 Å². The predicted molar refractivity (Wildman–Crippen MR) is 56.8 cm³/mol. The molecule has 1 N–H and O–H groups in total. The van der Waals surface area contributed by atoms with Gasteiger partial charge in [0.1, 0.15) is 6.04 Å². The zero-order chi connectivity index (χ0) is 11.4. The molecule has 1 unspecified atom stereocenters. The van der Waals surface area contributed by atoms with Gasteiger partial charge in [-0.25, -0.2) is 0 Å². The number of hydrogen-bond donors (Lipinski definition) is 1. The van der Waals surface area contributed by atoms with Gasteiger partial charge in [0.05, 0.1) is 12.7 Å². The lowest BCUT2D eigenvalue weighted by Crippen LogP contribution is -2.40. The summed E-state index contributed by atoms with van der Waals surface area (Å²) in [6.45, 7) is 1.36. The molecule has 5 heteroatoms. The summed E-state index contributed by atoms with van der Waals surface area (Å²) < 4.78 is 5.02. The largest absolute Gasteiger partial charge is 0.480 e. The molecule has 1 aliphatic rings. The molecule has 0 amide bonds. The van der Waals surface area contributed by atoms with Gasteiger partial charge >= 0.3 is 5.97 Å². The Labute approximate surface area is 94.0 Å². The van der Waals surface area contributed by atoms with E-state index in [9.17, 15) is 9.90 Å². The SMILES string of the molecule is O=C(O)C1CCCCCN1Cc1ccno1. The van der Waals surface area contributed by atoms with Crippen LogP contribution in [0.25, 0.3) is 0 Å². The standard InChI is InChI=1S/C11H16N2O3/c14-11(15)10-4-2-1-3-7-13(10)8-9-5-6-12-16-9/h5-6,10H,1-4,7-8H2,(H,14,15). The highest BCUT2D eigenvalue weighted by Gasteiger charge is 2.27. The van der Waals surface area contributed by atoms with Crippen LogP contribution in [-0.4, -0.2) is 33.7 Å². The van der Waals surface area contributed by atoms with Crippen molar-refractivity contribution in [3.63, 3.8) is 0 Å². The van der Waals surface area contributed by atoms with E-state index in [0.29, 0.717) is 6.54 Å². The summed E-state index contributed by atoms with van der Waals surface area (Å²) in [5.41, 5.74) is 0. The fourth-order valence-electron chi connectivity index (χ4n) is 2.16.